The number of fused-ring (bicyclic) bond motifs is 2. The number of para-hydroxylation sites is 1. The SMILES string of the molecule is Cc1ccc2nc(COc3cccc(C(=O)N4CCCc5ccccc54)c3)cn2c1. The van der Waals surface area contributed by atoms with Crippen LogP contribution in [0.5, 0.6) is 5.75 Å². The molecule has 150 valence electrons. The van der Waals surface area contributed by atoms with Crippen molar-refractivity contribution in [1.29, 1.82) is 0 Å². The lowest BCUT2D eigenvalue weighted by atomic mass is 10.0. The lowest BCUT2D eigenvalue weighted by molar-refractivity contribution is 0.0984. The summed E-state index contributed by atoms with van der Waals surface area (Å²) < 4.78 is 7.95. The molecule has 0 radical (unpaired) electrons. The second-order valence-corrected chi connectivity index (χ2v) is 7.71. The van der Waals surface area contributed by atoms with Crippen LogP contribution in [0.3, 0.4) is 0 Å². The lowest BCUT2D eigenvalue weighted by Crippen LogP contribution is -2.35. The predicted molar refractivity (Wildman–Crippen MR) is 117 cm³/mol. The maximum Gasteiger partial charge on any atom is 0.258 e. The van der Waals surface area contributed by atoms with E-state index in [0.717, 1.165) is 36.4 Å². The Bertz CT molecular complexity index is 1230. The van der Waals surface area contributed by atoms with Crippen LogP contribution in [0.4, 0.5) is 5.69 Å². The van der Waals surface area contributed by atoms with Gasteiger partial charge in [-0.25, -0.2) is 4.98 Å². The number of benzene rings is 2. The molecule has 3 heterocycles. The first-order valence-corrected chi connectivity index (χ1v) is 10.2. The van der Waals surface area contributed by atoms with Gasteiger partial charge in [0, 0.05) is 30.2 Å². The van der Waals surface area contributed by atoms with Crippen molar-refractivity contribution < 1.29 is 9.53 Å². The number of anilines is 1. The fraction of sp³-hybridized carbons (Fsp3) is 0.200. The summed E-state index contributed by atoms with van der Waals surface area (Å²) in [5.74, 6) is 0.676. The van der Waals surface area contributed by atoms with Crippen molar-refractivity contribution in [2.75, 3.05) is 11.4 Å². The smallest absolute Gasteiger partial charge is 0.258 e. The standard InChI is InChI=1S/C25H23N3O2/c1-18-11-12-24-26-21(16-27(24)15-18)17-30-22-9-4-7-20(14-22)25(29)28-13-5-8-19-6-2-3-10-23(19)28/h2-4,6-7,9-12,14-16H,5,8,13,17H2,1H3. The fourth-order valence-electron chi connectivity index (χ4n) is 4.00. The van der Waals surface area contributed by atoms with Crippen LogP contribution in [0.15, 0.2) is 73.1 Å². The van der Waals surface area contributed by atoms with Crippen LogP contribution < -0.4 is 9.64 Å². The molecule has 0 saturated heterocycles. The summed E-state index contributed by atoms with van der Waals surface area (Å²) in [7, 11) is 0. The van der Waals surface area contributed by atoms with Gasteiger partial charge in [0.25, 0.3) is 5.91 Å². The van der Waals surface area contributed by atoms with Gasteiger partial charge in [-0.1, -0.05) is 30.3 Å². The van der Waals surface area contributed by atoms with E-state index in [0.29, 0.717) is 17.9 Å². The van der Waals surface area contributed by atoms with Gasteiger partial charge in [-0.15, -0.1) is 0 Å². The number of aryl methyl sites for hydroxylation is 2. The Hall–Kier alpha value is -3.60. The molecule has 0 spiro atoms. The average Bonchev–Trinajstić information content (AvgIpc) is 3.19. The monoisotopic (exact) mass is 397 g/mol. The Labute approximate surface area is 175 Å². The molecule has 5 heteroatoms. The molecule has 5 rings (SSSR count). The Morgan fingerprint density at radius 1 is 1.07 bits per heavy atom. The number of carbonyl (C=O) groups excluding carboxylic acids is 1. The van der Waals surface area contributed by atoms with Gasteiger partial charge in [-0.3, -0.25) is 4.79 Å². The van der Waals surface area contributed by atoms with Gasteiger partial charge in [0.1, 0.15) is 18.0 Å². The molecular formula is C25H23N3O2. The number of imidazole rings is 1. The third-order valence-corrected chi connectivity index (χ3v) is 5.47. The number of amides is 1. The molecule has 0 unspecified atom stereocenters. The molecule has 1 aliphatic rings. The molecule has 1 aliphatic heterocycles. The Kier molecular flexibility index (Phi) is 4.71. The van der Waals surface area contributed by atoms with Crippen molar-refractivity contribution in [3.63, 3.8) is 0 Å². The van der Waals surface area contributed by atoms with Gasteiger partial charge in [0.15, 0.2) is 0 Å². The van der Waals surface area contributed by atoms with Crippen LogP contribution in [0.1, 0.15) is 33.6 Å². The lowest BCUT2D eigenvalue weighted by Gasteiger charge is -2.29. The fourth-order valence-corrected chi connectivity index (χ4v) is 4.00. The van der Waals surface area contributed by atoms with Crippen LogP contribution in [0, 0.1) is 6.92 Å². The molecule has 2 aromatic carbocycles. The van der Waals surface area contributed by atoms with Gasteiger partial charge in [0.2, 0.25) is 0 Å². The summed E-state index contributed by atoms with van der Waals surface area (Å²) in [5.41, 5.74) is 5.80. The maximum atomic E-state index is 13.2. The van der Waals surface area contributed by atoms with Crippen LogP contribution in [-0.4, -0.2) is 21.8 Å². The van der Waals surface area contributed by atoms with E-state index < -0.39 is 0 Å². The van der Waals surface area contributed by atoms with Gasteiger partial charge in [-0.05, 0) is 61.2 Å². The van der Waals surface area contributed by atoms with E-state index in [1.807, 2.05) is 76.3 Å². The van der Waals surface area contributed by atoms with Crippen LogP contribution >= 0.6 is 0 Å². The molecule has 1 amide bonds. The Morgan fingerprint density at radius 2 is 1.97 bits per heavy atom. The number of carbonyl (C=O) groups is 1. The summed E-state index contributed by atoms with van der Waals surface area (Å²) in [6.07, 6.45) is 6.01. The highest BCUT2D eigenvalue weighted by Gasteiger charge is 2.23. The largest absolute Gasteiger partial charge is 0.487 e. The molecule has 2 aromatic heterocycles. The summed E-state index contributed by atoms with van der Waals surface area (Å²) >= 11 is 0. The molecular weight excluding hydrogens is 374 g/mol. The van der Waals surface area contributed by atoms with Crippen LogP contribution in [0.2, 0.25) is 0 Å². The highest BCUT2D eigenvalue weighted by Crippen LogP contribution is 2.28. The zero-order chi connectivity index (χ0) is 20.5. The average molecular weight is 397 g/mol. The number of ether oxygens (including phenoxy) is 1. The van der Waals surface area contributed by atoms with Gasteiger partial charge in [-0.2, -0.15) is 0 Å². The zero-order valence-electron chi connectivity index (χ0n) is 16.9. The van der Waals surface area contributed by atoms with E-state index in [4.69, 9.17) is 4.74 Å². The number of hydrogen-bond acceptors (Lipinski definition) is 3. The number of hydrogen-bond donors (Lipinski definition) is 0. The quantitative estimate of drug-likeness (QED) is 0.496. The minimum Gasteiger partial charge on any atom is -0.487 e. The molecule has 30 heavy (non-hydrogen) atoms. The topological polar surface area (TPSA) is 46.8 Å². The number of rotatable bonds is 4. The molecule has 0 atom stereocenters. The molecule has 0 bridgehead atoms. The molecule has 4 aromatic rings. The third-order valence-electron chi connectivity index (χ3n) is 5.47. The maximum absolute atomic E-state index is 13.2. The van der Waals surface area contributed by atoms with Crippen molar-refractivity contribution in [2.45, 2.75) is 26.4 Å². The summed E-state index contributed by atoms with van der Waals surface area (Å²) in [6.45, 7) is 3.14. The summed E-state index contributed by atoms with van der Waals surface area (Å²) in [6, 6.07) is 19.6. The minimum atomic E-state index is 0.0100. The highest BCUT2D eigenvalue weighted by molar-refractivity contribution is 6.07. The van der Waals surface area contributed by atoms with Crippen LogP contribution in [0.25, 0.3) is 5.65 Å². The van der Waals surface area contributed by atoms with Crippen molar-refractivity contribution in [1.82, 2.24) is 9.38 Å². The van der Waals surface area contributed by atoms with E-state index in [1.165, 1.54) is 11.1 Å². The van der Waals surface area contributed by atoms with Gasteiger partial charge < -0.3 is 14.0 Å². The zero-order valence-corrected chi connectivity index (χ0v) is 16.9. The van der Waals surface area contributed by atoms with E-state index in [-0.39, 0.29) is 5.91 Å². The highest BCUT2D eigenvalue weighted by atomic mass is 16.5. The number of nitrogens with zero attached hydrogens (tertiary/aromatic N) is 3. The van der Waals surface area contributed by atoms with Crippen LogP contribution in [-0.2, 0) is 13.0 Å². The van der Waals surface area contributed by atoms with E-state index >= 15 is 0 Å². The minimum absolute atomic E-state index is 0.0100. The van der Waals surface area contributed by atoms with E-state index in [1.54, 1.807) is 0 Å². The van der Waals surface area contributed by atoms with Crippen molar-refractivity contribution in [3.05, 3.63) is 95.4 Å². The molecule has 0 aliphatic carbocycles. The Balaban J connectivity index is 1.33. The first-order chi connectivity index (χ1) is 14.7. The molecule has 0 N–H and O–H groups in total. The predicted octanol–water partition coefficient (Wildman–Crippen LogP) is 4.81. The van der Waals surface area contributed by atoms with Crippen molar-refractivity contribution >= 4 is 17.2 Å². The third kappa shape index (κ3) is 3.54. The van der Waals surface area contributed by atoms with Crippen molar-refractivity contribution in [2.24, 2.45) is 0 Å². The van der Waals surface area contributed by atoms with Crippen molar-refractivity contribution in [3.8, 4) is 5.75 Å². The molecule has 5 nitrogen and oxygen atoms in total. The van der Waals surface area contributed by atoms with E-state index in [2.05, 4.69) is 18.0 Å². The normalized spacial score (nSPS) is 13.3. The first kappa shape index (κ1) is 18.4. The van der Waals surface area contributed by atoms with Gasteiger partial charge >= 0.3 is 0 Å². The summed E-state index contributed by atoms with van der Waals surface area (Å²) in [5, 5.41) is 0. The van der Waals surface area contributed by atoms with Gasteiger partial charge in [0.05, 0.1) is 5.69 Å². The first-order valence-electron chi connectivity index (χ1n) is 10.2. The summed E-state index contributed by atoms with van der Waals surface area (Å²) in [4.78, 5) is 19.7. The second-order valence-electron chi connectivity index (χ2n) is 7.71. The molecule has 0 fully saturated rings. The number of pyridine rings is 1. The van der Waals surface area contributed by atoms with E-state index in [9.17, 15) is 4.79 Å². The Morgan fingerprint density at radius 3 is 2.90 bits per heavy atom. The number of aromatic nitrogens is 2. The second kappa shape index (κ2) is 7.67. The molecule has 0 saturated carbocycles.